The summed E-state index contributed by atoms with van der Waals surface area (Å²) in [5.41, 5.74) is 3.64. The topological polar surface area (TPSA) is 56.1 Å². The van der Waals surface area contributed by atoms with Gasteiger partial charge in [-0.05, 0) is 74.3 Å². The van der Waals surface area contributed by atoms with Crippen LogP contribution in [0.15, 0.2) is 48.5 Å². The molecule has 1 saturated carbocycles. The molecule has 1 aromatic heterocycles. The minimum absolute atomic E-state index is 0.248. The zero-order chi connectivity index (χ0) is 23.8. The SMILES string of the molecule is CC(C)c1ccc(OCCCCn2c(CCCCCNC(=O)C3CC3)nc3ccccc32)cc1. The molecule has 0 spiro atoms. The lowest BCUT2D eigenvalue weighted by Gasteiger charge is -2.11. The summed E-state index contributed by atoms with van der Waals surface area (Å²) in [6.45, 7) is 6.91. The molecule has 0 bridgehead atoms. The van der Waals surface area contributed by atoms with Gasteiger partial charge in [-0.15, -0.1) is 0 Å². The molecule has 5 nitrogen and oxygen atoms in total. The highest BCUT2D eigenvalue weighted by Gasteiger charge is 2.28. The molecule has 0 saturated heterocycles. The second kappa shape index (κ2) is 12.0. The summed E-state index contributed by atoms with van der Waals surface area (Å²) >= 11 is 0. The molecule has 1 fully saturated rings. The van der Waals surface area contributed by atoms with Gasteiger partial charge in [0.1, 0.15) is 11.6 Å². The van der Waals surface area contributed by atoms with E-state index in [1.807, 2.05) is 0 Å². The van der Waals surface area contributed by atoms with Gasteiger partial charge in [0.05, 0.1) is 17.6 Å². The quantitative estimate of drug-likeness (QED) is 0.288. The Labute approximate surface area is 203 Å². The zero-order valence-corrected chi connectivity index (χ0v) is 20.8. The van der Waals surface area contributed by atoms with Crippen LogP contribution in [0.25, 0.3) is 11.0 Å². The van der Waals surface area contributed by atoms with Crippen LogP contribution in [0.5, 0.6) is 5.75 Å². The molecule has 0 radical (unpaired) electrons. The molecule has 1 heterocycles. The van der Waals surface area contributed by atoms with Crippen molar-refractivity contribution in [1.82, 2.24) is 14.9 Å². The van der Waals surface area contributed by atoms with Gasteiger partial charge >= 0.3 is 0 Å². The van der Waals surface area contributed by atoms with Gasteiger partial charge in [0.15, 0.2) is 0 Å². The Bertz CT molecular complexity index is 1050. The highest BCUT2D eigenvalue weighted by atomic mass is 16.5. The largest absolute Gasteiger partial charge is 0.494 e. The smallest absolute Gasteiger partial charge is 0.223 e. The third-order valence-corrected chi connectivity index (χ3v) is 6.65. The van der Waals surface area contributed by atoms with Gasteiger partial charge in [-0.25, -0.2) is 4.98 Å². The molecule has 1 aliphatic carbocycles. The number of aryl methyl sites for hydroxylation is 2. The number of fused-ring (bicyclic) bond motifs is 1. The predicted octanol–water partition coefficient (Wildman–Crippen LogP) is 6.26. The molecule has 1 amide bonds. The van der Waals surface area contributed by atoms with Crippen molar-refractivity contribution in [2.75, 3.05) is 13.2 Å². The molecule has 3 aromatic rings. The Morgan fingerprint density at radius 3 is 2.59 bits per heavy atom. The molecule has 182 valence electrons. The van der Waals surface area contributed by atoms with E-state index in [2.05, 4.69) is 72.3 Å². The maximum Gasteiger partial charge on any atom is 0.223 e. The standard InChI is InChI=1S/C29H39N3O2/c1-22(2)23-15-17-25(18-16-23)34-21-9-8-20-32-27-11-6-5-10-26(27)31-28(32)12-4-3-7-19-30-29(33)24-13-14-24/h5-6,10-11,15-18,22,24H,3-4,7-9,12-14,19-21H2,1-2H3,(H,30,33). The van der Waals surface area contributed by atoms with E-state index in [4.69, 9.17) is 9.72 Å². The fourth-order valence-electron chi connectivity index (χ4n) is 4.36. The van der Waals surface area contributed by atoms with Crippen LogP contribution in [-0.2, 0) is 17.8 Å². The van der Waals surface area contributed by atoms with Crippen LogP contribution in [0.2, 0.25) is 0 Å². The highest BCUT2D eigenvalue weighted by molar-refractivity contribution is 5.80. The Morgan fingerprint density at radius 1 is 1.03 bits per heavy atom. The van der Waals surface area contributed by atoms with Gasteiger partial charge in [0, 0.05) is 25.4 Å². The van der Waals surface area contributed by atoms with Crippen LogP contribution in [0.1, 0.15) is 76.1 Å². The number of rotatable bonds is 14. The van der Waals surface area contributed by atoms with E-state index in [1.165, 1.54) is 16.9 Å². The summed E-state index contributed by atoms with van der Waals surface area (Å²) in [6.07, 6.45) is 8.43. The van der Waals surface area contributed by atoms with Crippen LogP contribution in [0.4, 0.5) is 0 Å². The number of carbonyl (C=O) groups excluding carboxylic acids is 1. The molecule has 1 aliphatic rings. The molecule has 0 atom stereocenters. The average Bonchev–Trinajstić information content (AvgIpc) is 3.64. The van der Waals surface area contributed by atoms with Crippen molar-refractivity contribution in [2.24, 2.45) is 5.92 Å². The summed E-state index contributed by atoms with van der Waals surface area (Å²) < 4.78 is 8.35. The lowest BCUT2D eigenvalue weighted by atomic mass is 10.0. The lowest BCUT2D eigenvalue weighted by Crippen LogP contribution is -2.25. The molecule has 2 aromatic carbocycles. The Morgan fingerprint density at radius 2 is 1.82 bits per heavy atom. The minimum Gasteiger partial charge on any atom is -0.494 e. The maximum absolute atomic E-state index is 11.7. The first-order chi connectivity index (χ1) is 16.6. The monoisotopic (exact) mass is 461 g/mol. The number of amides is 1. The molecule has 5 heteroatoms. The Hall–Kier alpha value is -2.82. The number of hydrogen-bond donors (Lipinski definition) is 1. The first-order valence-electron chi connectivity index (χ1n) is 13.1. The first-order valence-corrected chi connectivity index (χ1v) is 13.1. The second-order valence-corrected chi connectivity index (χ2v) is 9.82. The van der Waals surface area contributed by atoms with Crippen LogP contribution >= 0.6 is 0 Å². The van der Waals surface area contributed by atoms with Crippen LogP contribution in [-0.4, -0.2) is 28.6 Å². The average molecular weight is 462 g/mol. The Kier molecular flexibility index (Phi) is 8.62. The van der Waals surface area contributed by atoms with Crippen LogP contribution < -0.4 is 10.1 Å². The predicted molar refractivity (Wildman–Crippen MR) is 138 cm³/mol. The molecule has 34 heavy (non-hydrogen) atoms. The number of para-hydroxylation sites is 2. The number of ether oxygens (including phenoxy) is 1. The van der Waals surface area contributed by atoms with Crippen molar-refractivity contribution < 1.29 is 9.53 Å². The van der Waals surface area contributed by atoms with Crippen molar-refractivity contribution in [3.05, 3.63) is 59.9 Å². The summed E-state index contributed by atoms with van der Waals surface area (Å²) in [7, 11) is 0. The van der Waals surface area contributed by atoms with E-state index in [0.717, 1.165) is 82.3 Å². The molecule has 0 unspecified atom stereocenters. The summed E-state index contributed by atoms with van der Waals surface area (Å²) in [4.78, 5) is 16.7. The number of carbonyl (C=O) groups is 1. The van der Waals surface area contributed by atoms with Gasteiger partial charge in [-0.3, -0.25) is 4.79 Å². The lowest BCUT2D eigenvalue weighted by molar-refractivity contribution is -0.122. The normalized spacial score (nSPS) is 13.5. The van der Waals surface area contributed by atoms with Crippen molar-refractivity contribution in [3.8, 4) is 5.75 Å². The number of aromatic nitrogens is 2. The number of benzene rings is 2. The Balaban J connectivity index is 1.21. The number of unbranched alkanes of at least 4 members (excludes halogenated alkanes) is 3. The molecule has 1 N–H and O–H groups in total. The van der Waals surface area contributed by atoms with E-state index in [0.29, 0.717) is 11.8 Å². The molecule has 4 rings (SSSR count). The van der Waals surface area contributed by atoms with Crippen molar-refractivity contribution in [2.45, 2.75) is 77.7 Å². The van der Waals surface area contributed by atoms with E-state index in [9.17, 15) is 4.79 Å². The first kappa shape index (κ1) is 24.3. The number of hydrogen-bond acceptors (Lipinski definition) is 3. The summed E-state index contributed by atoms with van der Waals surface area (Å²) in [5.74, 6) is 3.22. The van der Waals surface area contributed by atoms with Crippen LogP contribution in [0.3, 0.4) is 0 Å². The van der Waals surface area contributed by atoms with Crippen molar-refractivity contribution in [3.63, 3.8) is 0 Å². The minimum atomic E-state index is 0.248. The van der Waals surface area contributed by atoms with Gasteiger partial charge in [-0.1, -0.05) is 44.5 Å². The fourth-order valence-corrected chi connectivity index (χ4v) is 4.36. The maximum atomic E-state index is 11.7. The van der Waals surface area contributed by atoms with E-state index < -0.39 is 0 Å². The number of nitrogens with zero attached hydrogens (tertiary/aromatic N) is 2. The van der Waals surface area contributed by atoms with Gasteiger partial charge in [0.25, 0.3) is 0 Å². The molecular weight excluding hydrogens is 422 g/mol. The highest BCUT2D eigenvalue weighted by Crippen LogP contribution is 2.28. The van der Waals surface area contributed by atoms with E-state index >= 15 is 0 Å². The summed E-state index contributed by atoms with van der Waals surface area (Å²) in [5, 5.41) is 3.06. The van der Waals surface area contributed by atoms with Crippen molar-refractivity contribution in [1.29, 1.82) is 0 Å². The molecule has 0 aliphatic heterocycles. The third-order valence-electron chi connectivity index (χ3n) is 6.65. The van der Waals surface area contributed by atoms with Gasteiger partial charge in [-0.2, -0.15) is 0 Å². The van der Waals surface area contributed by atoms with Crippen LogP contribution in [0, 0.1) is 5.92 Å². The number of imidazole rings is 1. The fraction of sp³-hybridized carbons (Fsp3) is 0.517. The zero-order valence-electron chi connectivity index (χ0n) is 20.8. The van der Waals surface area contributed by atoms with Crippen molar-refractivity contribution >= 4 is 16.9 Å². The van der Waals surface area contributed by atoms with Gasteiger partial charge < -0.3 is 14.6 Å². The van der Waals surface area contributed by atoms with Gasteiger partial charge in [0.2, 0.25) is 5.91 Å². The van der Waals surface area contributed by atoms with E-state index in [1.54, 1.807) is 0 Å². The second-order valence-electron chi connectivity index (χ2n) is 9.82. The van der Waals surface area contributed by atoms with E-state index in [-0.39, 0.29) is 5.91 Å². The third kappa shape index (κ3) is 6.85. The summed E-state index contributed by atoms with van der Waals surface area (Å²) in [6, 6.07) is 16.9. The number of nitrogens with one attached hydrogen (secondary N) is 1. The molecular formula is C29H39N3O2.